The number of benzene rings is 1. The molecule has 0 spiro atoms. The molecule has 1 saturated carbocycles. The summed E-state index contributed by atoms with van der Waals surface area (Å²) >= 11 is 0. The van der Waals surface area contributed by atoms with Gasteiger partial charge in [-0.25, -0.2) is 0 Å². The Morgan fingerprint density at radius 1 is 1.43 bits per heavy atom. The van der Waals surface area contributed by atoms with Gasteiger partial charge in [0.1, 0.15) is 0 Å². The van der Waals surface area contributed by atoms with Crippen LogP contribution in [0.1, 0.15) is 36.4 Å². The molecule has 4 N–H and O–H groups in total. The first-order chi connectivity index (χ1) is 6.66. The van der Waals surface area contributed by atoms with Crippen LogP contribution in [0.4, 0.5) is 5.69 Å². The molecule has 0 unspecified atom stereocenters. The standard InChI is InChI=1S/C12H18N2/c1-8-2-5-10(11(13)6-8)12(14)7-9-3-4-9/h2,5-6,9,12H,3-4,7,13-14H2,1H3/t12-/m0/s1. The third-order valence-corrected chi connectivity index (χ3v) is 2.93. The molecule has 0 saturated heterocycles. The van der Waals surface area contributed by atoms with E-state index in [4.69, 9.17) is 11.5 Å². The average molecular weight is 190 g/mol. The van der Waals surface area contributed by atoms with Crippen LogP contribution < -0.4 is 11.5 Å². The zero-order valence-electron chi connectivity index (χ0n) is 8.66. The molecule has 0 radical (unpaired) electrons. The van der Waals surface area contributed by atoms with Crippen LogP contribution in [0.15, 0.2) is 18.2 Å². The van der Waals surface area contributed by atoms with Crippen molar-refractivity contribution in [2.75, 3.05) is 5.73 Å². The number of nitrogen functional groups attached to an aromatic ring is 1. The van der Waals surface area contributed by atoms with Crippen molar-refractivity contribution >= 4 is 5.69 Å². The van der Waals surface area contributed by atoms with Crippen LogP contribution in [0.5, 0.6) is 0 Å². The average Bonchev–Trinajstić information content (AvgIpc) is 2.87. The smallest absolute Gasteiger partial charge is 0.0365 e. The summed E-state index contributed by atoms with van der Waals surface area (Å²) in [6.45, 7) is 2.05. The molecule has 2 nitrogen and oxygen atoms in total. The summed E-state index contributed by atoms with van der Waals surface area (Å²) in [5.41, 5.74) is 15.2. The Labute approximate surface area is 85.3 Å². The van der Waals surface area contributed by atoms with Crippen molar-refractivity contribution in [3.63, 3.8) is 0 Å². The maximum absolute atomic E-state index is 6.11. The van der Waals surface area contributed by atoms with Gasteiger partial charge in [0, 0.05) is 11.7 Å². The molecule has 0 aromatic heterocycles. The second-order valence-corrected chi connectivity index (χ2v) is 4.42. The van der Waals surface area contributed by atoms with Crippen molar-refractivity contribution in [1.29, 1.82) is 0 Å². The summed E-state index contributed by atoms with van der Waals surface area (Å²) in [5.74, 6) is 0.853. The summed E-state index contributed by atoms with van der Waals surface area (Å²) in [4.78, 5) is 0. The summed E-state index contributed by atoms with van der Waals surface area (Å²) in [6, 6.07) is 6.28. The molecule has 0 bridgehead atoms. The molecule has 14 heavy (non-hydrogen) atoms. The first-order valence-corrected chi connectivity index (χ1v) is 5.28. The van der Waals surface area contributed by atoms with Crippen LogP contribution in [-0.4, -0.2) is 0 Å². The fourth-order valence-corrected chi connectivity index (χ4v) is 1.87. The van der Waals surface area contributed by atoms with E-state index in [1.165, 1.54) is 18.4 Å². The molecule has 76 valence electrons. The predicted molar refractivity (Wildman–Crippen MR) is 59.9 cm³/mol. The van der Waals surface area contributed by atoms with Crippen molar-refractivity contribution in [3.05, 3.63) is 29.3 Å². The molecule has 0 amide bonds. The Kier molecular flexibility index (Phi) is 2.46. The van der Waals surface area contributed by atoms with E-state index in [0.717, 1.165) is 23.6 Å². The SMILES string of the molecule is Cc1ccc([C@@H](N)CC2CC2)c(N)c1. The molecular formula is C12H18N2. The molecular weight excluding hydrogens is 172 g/mol. The van der Waals surface area contributed by atoms with Crippen LogP contribution in [0, 0.1) is 12.8 Å². The van der Waals surface area contributed by atoms with Gasteiger partial charge in [0.05, 0.1) is 0 Å². The van der Waals surface area contributed by atoms with Crippen LogP contribution in [-0.2, 0) is 0 Å². The van der Waals surface area contributed by atoms with E-state index in [1.54, 1.807) is 0 Å². The number of anilines is 1. The number of hydrogen-bond acceptors (Lipinski definition) is 2. The predicted octanol–water partition coefficient (Wildman–Crippen LogP) is 2.38. The minimum atomic E-state index is 0.128. The second kappa shape index (κ2) is 3.62. The number of nitrogens with two attached hydrogens (primary N) is 2. The highest BCUT2D eigenvalue weighted by molar-refractivity contribution is 5.50. The van der Waals surface area contributed by atoms with Gasteiger partial charge in [0.15, 0.2) is 0 Å². The Bertz CT molecular complexity index is 329. The highest BCUT2D eigenvalue weighted by Crippen LogP contribution is 2.37. The Hall–Kier alpha value is -1.02. The van der Waals surface area contributed by atoms with Gasteiger partial charge >= 0.3 is 0 Å². The quantitative estimate of drug-likeness (QED) is 0.719. The van der Waals surface area contributed by atoms with E-state index < -0.39 is 0 Å². The Morgan fingerprint density at radius 3 is 2.71 bits per heavy atom. The second-order valence-electron chi connectivity index (χ2n) is 4.42. The summed E-state index contributed by atoms with van der Waals surface area (Å²) in [6.07, 6.45) is 3.78. The van der Waals surface area contributed by atoms with Crippen molar-refractivity contribution in [2.45, 2.75) is 32.2 Å². The van der Waals surface area contributed by atoms with Crippen LogP contribution >= 0.6 is 0 Å². The lowest BCUT2D eigenvalue weighted by Crippen LogP contribution is -2.13. The van der Waals surface area contributed by atoms with Gasteiger partial charge in [-0.05, 0) is 36.5 Å². The molecule has 2 rings (SSSR count). The highest BCUT2D eigenvalue weighted by atomic mass is 14.7. The first-order valence-electron chi connectivity index (χ1n) is 5.28. The van der Waals surface area contributed by atoms with E-state index in [9.17, 15) is 0 Å². The molecule has 0 heterocycles. The van der Waals surface area contributed by atoms with Gasteiger partial charge < -0.3 is 11.5 Å². The number of hydrogen-bond donors (Lipinski definition) is 2. The van der Waals surface area contributed by atoms with Crippen molar-refractivity contribution in [1.82, 2.24) is 0 Å². The lowest BCUT2D eigenvalue weighted by atomic mass is 9.99. The molecule has 1 fully saturated rings. The third-order valence-electron chi connectivity index (χ3n) is 2.93. The van der Waals surface area contributed by atoms with Crippen LogP contribution in [0.25, 0.3) is 0 Å². The molecule has 0 aliphatic heterocycles. The van der Waals surface area contributed by atoms with Gasteiger partial charge in [-0.3, -0.25) is 0 Å². The first kappa shape index (κ1) is 9.53. The highest BCUT2D eigenvalue weighted by Gasteiger charge is 2.25. The zero-order chi connectivity index (χ0) is 10.1. The van der Waals surface area contributed by atoms with E-state index in [0.29, 0.717) is 0 Å². The largest absolute Gasteiger partial charge is 0.398 e. The number of aryl methyl sites for hydroxylation is 1. The van der Waals surface area contributed by atoms with Crippen molar-refractivity contribution < 1.29 is 0 Å². The lowest BCUT2D eigenvalue weighted by molar-refractivity contribution is 0.598. The zero-order valence-corrected chi connectivity index (χ0v) is 8.66. The summed E-state index contributed by atoms with van der Waals surface area (Å²) < 4.78 is 0. The fraction of sp³-hybridized carbons (Fsp3) is 0.500. The normalized spacial score (nSPS) is 18.1. The maximum atomic E-state index is 6.11. The van der Waals surface area contributed by atoms with Gasteiger partial charge in [0.25, 0.3) is 0 Å². The van der Waals surface area contributed by atoms with Gasteiger partial charge in [-0.2, -0.15) is 0 Å². The molecule has 2 heteroatoms. The van der Waals surface area contributed by atoms with Gasteiger partial charge in [-0.1, -0.05) is 25.0 Å². The van der Waals surface area contributed by atoms with E-state index in [1.807, 2.05) is 13.0 Å². The molecule has 1 aliphatic carbocycles. The maximum Gasteiger partial charge on any atom is 0.0365 e. The minimum Gasteiger partial charge on any atom is -0.398 e. The lowest BCUT2D eigenvalue weighted by Gasteiger charge is -2.14. The Balaban J connectivity index is 2.13. The Morgan fingerprint density at radius 2 is 2.14 bits per heavy atom. The fourth-order valence-electron chi connectivity index (χ4n) is 1.87. The van der Waals surface area contributed by atoms with Crippen LogP contribution in [0.2, 0.25) is 0 Å². The molecule has 1 aliphatic rings. The van der Waals surface area contributed by atoms with Crippen LogP contribution in [0.3, 0.4) is 0 Å². The monoisotopic (exact) mass is 190 g/mol. The van der Waals surface area contributed by atoms with Crippen molar-refractivity contribution in [2.24, 2.45) is 11.7 Å². The molecule has 1 aromatic rings. The summed E-state index contributed by atoms with van der Waals surface area (Å²) in [5, 5.41) is 0. The van der Waals surface area contributed by atoms with Gasteiger partial charge in [0.2, 0.25) is 0 Å². The molecule has 1 aromatic carbocycles. The topological polar surface area (TPSA) is 52.0 Å². The molecule has 1 atom stereocenters. The van der Waals surface area contributed by atoms with E-state index in [-0.39, 0.29) is 6.04 Å². The minimum absolute atomic E-state index is 0.128. The van der Waals surface area contributed by atoms with E-state index >= 15 is 0 Å². The number of rotatable bonds is 3. The third kappa shape index (κ3) is 2.07. The van der Waals surface area contributed by atoms with Crippen molar-refractivity contribution in [3.8, 4) is 0 Å². The van der Waals surface area contributed by atoms with E-state index in [2.05, 4.69) is 12.1 Å². The van der Waals surface area contributed by atoms with Gasteiger partial charge in [-0.15, -0.1) is 0 Å². The summed E-state index contributed by atoms with van der Waals surface area (Å²) in [7, 11) is 0.